The van der Waals surface area contributed by atoms with Gasteiger partial charge in [0.1, 0.15) is 12.6 Å². The summed E-state index contributed by atoms with van der Waals surface area (Å²) in [6.07, 6.45) is 1.74. The number of amides is 2. The summed E-state index contributed by atoms with van der Waals surface area (Å²) in [7, 11) is -4.08. The van der Waals surface area contributed by atoms with Gasteiger partial charge in [0.25, 0.3) is 10.0 Å². The quantitative estimate of drug-likeness (QED) is 0.312. The van der Waals surface area contributed by atoms with Gasteiger partial charge in [-0.05, 0) is 61.7 Å². The van der Waals surface area contributed by atoms with E-state index in [-0.39, 0.29) is 17.3 Å². The van der Waals surface area contributed by atoms with Crippen molar-refractivity contribution in [1.29, 1.82) is 0 Å². The predicted octanol–water partition coefficient (Wildman–Crippen LogP) is 5.18. The Morgan fingerprint density at radius 1 is 0.974 bits per heavy atom. The molecule has 202 valence electrons. The molecule has 0 radical (unpaired) electrons. The maximum absolute atomic E-state index is 13.9. The molecule has 0 aromatic heterocycles. The molecule has 3 aromatic rings. The second-order valence-electron chi connectivity index (χ2n) is 9.08. The molecule has 3 rings (SSSR count). The van der Waals surface area contributed by atoms with Gasteiger partial charge in [-0.1, -0.05) is 73.5 Å². The van der Waals surface area contributed by atoms with Crippen LogP contribution >= 0.6 is 11.6 Å². The van der Waals surface area contributed by atoms with Crippen LogP contribution in [-0.2, 0) is 26.2 Å². The molecular weight excluding hydrogens is 522 g/mol. The Hall–Kier alpha value is -3.36. The molecule has 2 amide bonds. The second-order valence-corrected chi connectivity index (χ2v) is 11.4. The lowest BCUT2D eigenvalue weighted by Crippen LogP contribution is -2.51. The minimum absolute atomic E-state index is 0.0720. The van der Waals surface area contributed by atoms with Gasteiger partial charge in [-0.2, -0.15) is 0 Å². The van der Waals surface area contributed by atoms with Gasteiger partial charge in [-0.15, -0.1) is 0 Å². The van der Waals surface area contributed by atoms with Crippen LogP contribution in [0.5, 0.6) is 0 Å². The number of anilines is 1. The Morgan fingerprint density at radius 3 is 2.32 bits per heavy atom. The number of unbranched alkanes of at least 4 members (excludes halogenated alkanes) is 1. The number of carbonyl (C=O) groups excluding carboxylic acids is 2. The van der Waals surface area contributed by atoms with E-state index in [0.717, 1.165) is 22.7 Å². The highest BCUT2D eigenvalue weighted by Crippen LogP contribution is 2.27. The summed E-state index contributed by atoms with van der Waals surface area (Å²) in [4.78, 5) is 28.3. The molecule has 38 heavy (non-hydrogen) atoms. The number of nitrogens with zero attached hydrogens (tertiary/aromatic N) is 2. The molecule has 0 aliphatic rings. The molecule has 0 saturated carbocycles. The zero-order valence-corrected chi connectivity index (χ0v) is 23.5. The van der Waals surface area contributed by atoms with Gasteiger partial charge >= 0.3 is 0 Å². The van der Waals surface area contributed by atoms with Crippen LogP contribution in [0.25, 0.3) is 0 Å². The van der Waals surface area contributed by atoms with Gasteiger partial charge in [0.2, 0.25) is 11.8 Å². The van der Waals surface area contributed by atoms with Crippen LogP contribution in [-0.4, -0.2) is 44.3 Å². The largest absolute Gasteiger partial charge is 0.354 e. The summed E-state index contributed by atoms with van der Waals surface area (Å²) >= 11 is 6.17. The zero-order valence-electron chi connectivity index (χ0n) is 21.9. The standard InChI is InChI=1S/C29H34ClN3O4S/c1-4-5-18-31-29(35)23(3)32(20-24-13-11-14-25(30)19-24)28(34)21-33(27-17-10-9-12-22(27)2)38(36,37)26-15-7-6-8-16-26/h6-17,19,23H,4-5,18,20-21H2,1-3H3,(H,31,35). The van der Waals surface area contributed by atoms with Crippen molar-refractivity contribution in [2.24, 2.45) is 0 Å². The molecule has 0 fully saturated rings. The van der Waals surface area contributed by atoms with E-state index in [2.05, 4.69) is 5.32 Å². The maximum atomic E-state index is 13.9. The molecule has 9 heteroatoms. The predicted molar refractivity (Wildman–Crippen MR) is 152 cm³/mol. The molecule has 7 nitrogen and oxygen atoms in total. The average Bonchev–Trinajstić information content (AvgIpc) is 2.91. The van der Waals surface area contributed by atoms with Crippen molar-refractivity contribution in [3.8, 4) is 0 Å². The fraction of sp³-hybridized carbons (Fsp3) is 0.310. The Bertz CT molecular complexity index is 1350. The molecule has 3 aromatic carbocycles. The number of rotatable bonds is 12. The van der Waals surface area contributed by atoms with Gasteiger partial charge < -0.3 is 10.2 Å². The third-order valence-corrected chi connectivity index (χ3v) is 8.24. The summed E-state index contributed by atoms with van der Waals surface area (Å²) in [5.41, 5.74) is 1.83. The van der Waals surface area contributed by atoms with Crippen LogP contribution in [0, 0.1) is 6.92 Å². The molecule has 0 bridgehead atoms. The minimum Gasteiger partial charge on any atom is -0.354 e. The average molecular weight is 556 g/mol. The number of para-hydroxylation sites is 1. The molecule has 1 unspecified atom stereocenters. The second kappa shape index (κ2) is 13.4. The molecule has 0 spiro atoms. The van der Waals surface area contributed by atoms with Crippen LogP contribution in [0.1, 0.15) is 37.8 Å². The van der Waals surface area contributed by atoms with Gasteiger partial charge in [0, 0.05) is 18.1 Å². The van der Waals surface area contributed by atoms with Crippen molar-refractivity contribution >= 4 is 39.1 Å². The van der Waals surface area contributed by atoms with Crippen LogP contribution in [0.15, 0.2) is 83.8 Å². The van der Waals surface area contributed by atoms with Gasteiger partial charge in [0.05, 0.1) is 10.6 Å². The first-order chi connectivity index (χ1) is 18.1. The summed E-state index contributed by atoms with van der Waals surface area (Å²) in [5, 5.41) is 3.38. The number of carbonyl (C=O) groups is 2. The normalized spacial score (nSPS) is 12.0. The smallest absolute Gasteiger partial charge is 0.264 e. The number of aryl methyl sites for hydroxylation is 1. The van der Waals surface area contributed by atoms with Crippen LogP contribution in [0.4, 0.5) is 5.69 Å². The van der Waals surface area contributed by atoms with Gasteiger partial charge in [0.15, 0.2) is 0 Å². The van der Waals surface area contributed by atoms with Crippen LogP contribution < -0.4 is 9.62 Å². The fourth-order valence-corrected chi connectivity index (χ4v) is 5.74. The number of hydrogen-bond donors (Lipinski definition) is 1. The van der Waals surface area contributed by atoms with E-state index in [1.807, 2.05) is 19.1 Å². The van der Waals surface area contributed by atoms with E-state index in [9.17, 15) is 18.0 Å². The first kappa shape index (κ1) is 29.2. The lowest BCUT2D eigenvalue weighted by molar-refractivity contribution is -0.139. The summed E-state index contributed by atoms with van der Waals surface area (Å²) in [5.74, 6) is -0.812. The third kappa shape index (κ3) is 7.36. The van der Waals surface area contributed by atoms with E-state index >= 15 is 0 Å². The Kier molecular flexibility index (Phi) is 10.3. The minimum atomic E-state index is -4.08. The van der Waals surface area contributed by atoms with E-state index in [0.29, 0.717) is 22.8 Å². The molecule has 1 N–H and O–H groups in total. The van der Waals surface area contributed by atoms with Crippen molar-refractivity contribution in [3.05, 3.63) is 95.0 Å². The number of hydrogen-bond acceptors (Lipinski definition) is 4. The SMILES string of the molecule is CCCCNC(=O)C(C)N(Cc1cccc(Cl)c1)C(=O)CN(c1ccccc1C)S(=O)(=O)c1ccccc1. The van der Waals surface area contributed by atoms with E-state index in [1.54, 1.807) is 68.4 Å². The molecule has 1 atom stereocenters. The van der Waals surface area contributed by atoms with E-state index in [1.165, 1.54) is 17.0 Å². The van der Waals surface area contributed by atoms with E-state index < -0.39 is 28.5 Å². The Morgan fingerprint density at radius 2 is 1.66 bits per heavy atom. The van der Waals surface area contributed by atoms with Crippen molar-refractivity contribution < 1.29 is 18.0 Å². The number of nitrogens with one attached hydrogen (secondary N) is 1. The monoisotopic (exact) mass is 555 g/mol. The van der Waals surface area contributed by atoms with Crippen molar-refractivity contribution in [2.75, 3.05) is 17.4 Å². The molecule has 0 aliphatic heterocycles. The van der Waals surface area contributed by atoms with Crippen molar-refractivity contribution in [2.45, 2.75) is 51.1 Å². The van der Waals surface area contributed by atoms with Crippen molar-refractivity contribution in [3.63, 3.8) is 0 Å². The molecular formula is C29H34ClN3O4S. The molecule has 0 saturated heterocycles. The number of benzene rings is 3. The summed E-state index contributed by atoms with van der Waals surface area (Å²) in [6, 6.07) is 21.2. The molecule has 0 heterocycles. The van der Waals surface area contributed by atoms with Gasteiger partial charge in [-0.25, -0.2) is 8.42 Å². The highest BCUT2D eigenvalue weighted by Gasteiger charge is 2.33. The first-order valence-corrected chi connectivity index (χ1v) is 14.4. The summed E-state index contributed by atoms with van der Waals surface area (Å²) < 4.78 is 28.7. The number of sulfonamides is 1. The fourth-order valence-electron chi connectivity index (χ4n) is 4.03. The topological polar surface area (TPSA) is 86.8 Å². The van der Waals surface area contributed by atoms with E-state index in [4.69, 9.17) is 11.6 Å². The molecule has 0 aliphatic carbocycles. The van der Waals surface area contributed by atoms with Crippen molar-refractivity contribution in [1.82, 2.24) is 10.2 Å². The van der Waals surface area contributed by atoms with Crippen LogP contribution in [0.3, 0.4) is 0 Å². The zero-order chi connectivity index (χ0) is 27.7. The Labute approximate surface area is 230 Å². The highest BCUT2D eigenvalue weighted by molar-refractivity contribution is 7.92. The lowest BCUT2D eigenvalue weighted by atomic mass is 10.1. The van der Waals surface area contributed by atoms with Crippen LogP contribution in [0.2, 0.25) is 5.02 Å². The van der Waals surface area contributed by atoms with Gasteiger partial charge in [-0.3, -0.25) is 13.9 Å². The maximum Gasteiger partial charge on any atom is 0.264 e. The summed E-state index contributed by atoms with van der Waals surface area (Å²) in [6.45, 7) is 5.58. The third-order valence-electron chi connectivity index (χ3n) is 6.23. The lowest BCUT2D eigenvalue weighted by Gasteiger charge is -2.32. The highest BCUT2D eigenvalue weighted by atomic mass is 35.5. The first-order valence-electron chi connectivity index (χ1n) is 12.6. The Balaban J connectivity index is 2.00. The number of halogens is 1.